The molecule has 0 aliphatic rings. The Balaban J connectivity index is 2.79. The van der Waals surface area contributed by atoms with E-state index in [1.165, 1.54) is 0 Å². The SMILES string of the molecule is COc1ccc2cccnc2c1[C@H](C)O. The highest BCUT2D eigenvalue weighted by Gasteiger charge is 2.13. The summed E-state index contributed by atoms with van der Waals surface area (Å²) in [5.74, 6) is 0.677. The molecule has 78 valence electrons. The van der Waals surface area contributed by atoms with Crippen molar-refractivity contribution in [3.05, 3.63) is 36.0 Å². The van der Waals surface area contributed by atoms with Gasteiger partial charge in [-0.25, -0.2) is 0 Å². The van der Waals surface area contributed by atoms with Gasteiger partial charge in [-0.1, -0.05) is 6.07 Å². The number of hydrogen-bond acceptors (Lipinski definition) is 3. The lowest BCUT2D eigenvalue weighted by Gasteiger charge is -2.13. The second-order valence-corrected chi connectivity index (χ2v) is 3.43. The van der Waals surface area contributed by atoms with Gasteiger partial charge in [-0.2, -0.15) is 0 Å². The third-order valence-corrected chi connectivity index (χ3v) is 2.41. The molecule has 0 saturated heterocycles. The van der Waals surface area contributed by atoms with Crippen molar-refractivity contribution in [3.8, 4) is 5.75 Å². The predicted molar refractivity (Wildman–Crippen MR) is 58.9 cm³/mol. The molecule has 3 heteroatoms. The van der Waals surface area contributed by atoms with Gasteiger partial charge in [0.05, 0.1) is 18.7 Å². The summed E-state index contributed by atoms with van der Waals surface area (Å²) in [6.45, 7) is 1.71. The van der Waals surface area contributed by atoms with Crippen LogP contribution in [0.15, 0.2) is 30.5 Å². The first-order valence-electron chi connectivity index (χ1n) is 4.83. The third kappa shape index (κ3) is 1.66. The molecule has 0 saturated carbocycles. The van der Waals surface area contributed by atoms with Crippen LogP contribution in [-0.4, -0.2) is 17.2 Å². The molecule has 2 rings (SSSR count). The van der Waals surface area contributed by atoms with E-state index in [1.54, 1.807) is 20.2 Å². The molecule has 1 aromatic heterocycles. The van der Waals surface area contributed by atoms with Crippen LogP contribution in [0.1, 0.15) is 18.6 Å². The quantitative estimate of drug-likeness (QED) is 0.814. The van der Waals surface area contributed by atoms with Crippen molar-refractivity contribution in [1.82, 2.24) is 4.98 Å². The lowest BCUT2D eigenvalue weighted by Crippen LogP contribution is -1.98. The minimum atomic E-state index is -0.585. The van der Waals surface area contributed by atoms with Crippen LogP contribution >= 0.6 is 0 Å². The highest BCUT2D eigenvalue weighted by atomic mass is 16.5. The van der Waals surface area contributed by atoms with Crippen LogP contribution in [0.25, 0.3) is 10.9 Å². The second-order valence-electron chi connectivity index (χ2n) is 3.43. The van der Waals surface area contributed by atoms with Gasteiger partial charge < -0.3 is 9.84 Å². The summed E-state index contributed by atoms with van der Waals surface area (Å²) < 4.78 is 5.21. The van der Waals surface area contributed by atoms with Gasteiger partial charge in [-0.15, -0.1) is 0 Å². The first-order chi connectivity index (χ1) is 7.24. The third-order valence-electron chi connectivity index (χ3n) is 2.41. The zero-order chi connectivity index (χ0) is 10.8. The van der Waals surface area contributed by atoms with Crippen LogP contribution in [0.4, 0.5) is 0 Å². The maximum absolute atomic E-state index is 9.71. The van der Waals surface area contributed by atoms with Gasteiger partial charge in [0, 0.05) is 17.1 Å². The zero-order valence-electron chi connectivity index (χ0n) is 8.77. The van der Waals surface area contributed by atoms with E-state index in [-0.39, 0.29) is 0 Å². The van der Waals surface area contributed by atoms with Crippen molar-refractivity contribution in [1.29, 1.82) is 0 Å². The van der Waals surface area contributed by atoms with Crippen LogP contribution in [-0.2, 0) is 0 Å². The number of ether oxygens (including phenoxy) is 1. The number of hydrogen-bond donors (Lipinski definition) is 1. The van der Waals surface area contributed by atoms with E-state index in [0.717, 1.165) is 16.5 Å². The van der Waals surface area contributed by atoms with Crippen molar-refractivity contribution >= 4 is 10.9 Å². The molecule has 1 aromatic carbocycles. The van der Waals surface area contributed by atoms with Crippen molar-refractivity contribution < 1.29 is 9.84 Å². The molecule has 1 atom stereocenters. The number of rotatable bonds is 2. The summed E-state index contributed by atoms with van der Waals surface area (Å²) in [7, 11) is 1.59. The Hall–Kier alpha value is -1.61. The van der Waals surface area contributed by atoms with Crippen molar-refractivity contribution in [2.45, 2.75) is 13.0 Å². The molecule has 1 N–H and O–H groups in total. The van der Waals surface area contributed by atoms with E-state index < -0.39 is 6.10 Å². The number of fused-ring (bicyclic) bond motifs is 1. The summed E-state index contributed by atoms with van der Waals surface area (Å²) in [5.41, 5.74) is 1.54. The van der Waals surface area contributed by atoms with Gasteiger partial charge in [-0.05, 0) is 25.1 Å². The summed E-state index contributed by atoms with van der Waals surface area (Å²) in [6.07, 6.45) is 1.13. The van der Waals surface area contributed by atoms with Gasteiger partial charge in [0.1, 0.15) is 5.75 Å². The zero-order valence-corrected chi connectivity index (χ0v) is 8.77. The lowest BCUT2D eigenvalue weighted by molar-refractivity contribution is 0.196. The highest BCUT2D eigenvalue weighted by Crippen LogP contribution is 2.31. The molecule has 3 nitrogen and oxygen atoms in total. The number of pyridine rings is 1. The van der Waals surface area contributed by atoms with Gasteiger partial charge in [0.25, 0.3) is 0 Å². The Kier molecular flexibility index (Phi) is 2.56. The summed E-state index contributed by atoms with van der Waals surface area (Å²) >= 11 is 0. The number of benzene rings is 1. The van der Waals surface area contributed by atoms with E-state index >= 15 is 0 Å². The molecule has 0 fully saturated rings. The fraction of sp³-hybridized carbons (Fsp3) is 0.250. The van der Waals surface area contributed by atoms with Crippen LogP contribution in [0.3, 0.4) is 0 Å². The number of nitrogens with zero attached hydrogens (tertiary/aromatic N) is 1. The first kappa shape index (κ1) is 9.93. The van der Waals surface area contributed by atoms with Crippen LogP contribution < -0.4 is 4.74 Å². The van der Waals surface area contributed by atoms with E-state index in [2.05, 4.69) is 4.98 Å². The van der Waals surface area contributed by atoms with E-state index in [9.17, 15) is 5.11 Å². The van der Waals surface area contributed by atoms with Crippen molar-refractivity contribution in [2.24, 2.45) is 0 Å². The molecule has 15 heavy (non-hydrogen) atoms. The van der Waals surface area contributed by atoms with Crippen molar-refractivity contribution in [3.63, 3.8) is 0 Å². The summed E-state index contributed by atoms with van der Waals surface area (Å²) in [6, 6.07) is 7.63. The van der Waals surface area contributed by atoms with Crippen molar-refractivity contribution in [2.75, 3.05) is 7.11 Å². The minimum Gasteiger partial charge on any atom is -0.496 e. The molecule has 0 aliphatic carbocycles. The average Bonchev–Trinajstić information content (AvgIpc) is 2.27. The van der Waals surface area contributed by atoms with E-state index in [0.29, 0.717) is 5.75 Å². The molecule has 0 aliphatic heterocycles. The second kappa shape index (κ2) is 3.87. The Morgan fingerprint density at radius 1 is 1.33 bits per heavy atom. The fourth-order valence-corrected chi connectivity index (χ4v) is 1.73. The van der Waals surface area contributed by atoms with Crippen LogP contribution in [0, 0.1) is 0 Å². The van der Waals surface area contributed by atoms with E-state index in [1.807, 2.05) is 24.3 Å². The molecule has 0 radical (unpaired) electrons. The maximum atomic E-state index is 9.71. The topological polar surface area (TPSA) is 42.4 Å². The summed E-state index contributed by atoms with van der Waals surface area (Å²) in [5, 5.41) is 10.7. The first-order valence-corrected chi connectivity index (χ1v) is 4.83. The molecular weight excluding hydrogens is 190 g/mol. The Bertz CT molecular complexity index is 480. The highest BCUT2D eigenvalue weighted by molar-refractivity contribution is 5.84. The Morgan fingerprint density at radius 2 is 2.13 bits per heavy atom. The number of aliphatic hydroxyl groups excluding tert-OH is 1. The number of aliphatic hydroxyl groups is 1. The van der Waals surface area contributed by atoms with Gasteiger partial charge >= 0.3 is 0 Å². The average molecular weight is 203 g/mol. The molecule has 2 aromatic rings. The molecule has 0 unspecified atom stereocenters. The molecule has 0 amide bonds. The Labute approximate surface area is 88.3 Å². The largest absolute Gasteiger partial charge is 0.496 e. The van der Waals surface area contributed by atoms with Gasteiger partial charge in [0.15, 0.2) is 0 Å². The van der Waals surface area contributed by atoms with Gasteiger partial charge in [-0.3, -0.25) is 4.98 Å². The molecular formula is C12H13NO2. The lowest BCUT2D eigenvalue weighted by atomic mass is 10.0. The molecule has 0 spiro atoms. The maximum Gasteiger partial charge on any atom is 0.126 e. The summed E-state index contributed by atoms with van der Waals surface area (Å²) in [4.78, 5) is 4.27. The smallest absolute Gasteiger partial charge is 0.126 e. The van der Waals surface area contributed by atoms with Gasteiger partial charge in [0.2, 0.25) is 0 Å². The van der Waals surface area contributed by atoms with Crippen LogP contribution in [0.5, 0.6) is 5.75 Å². The molecule has 0 bridgehead atoms. The normalized spacial score (nSPS) is 12.7. The number of aromatic nitrogens is 1. The molecule has 1 heterocycles. The van der Waals surface area contributed by atoms with E-state index in [4.69, 9.17) is 4.74 Å². The predicted octanol–water partition coefficient (Wildman–Crippen LogP) is 2.30. The monoisotopic (exact) mass is 203 g/mol. The minimum absolute atomic E-state index is 0.585. The fourth-order valence-electron chi connectivity index (χ4n) is 1.73. The Morgan fingerprint density at radius 3 is 2.80 bits per heavy atom. The van der Waals surface area contributed by atoms with Crippen LogP contribution in [0.2, 0.25) is 0 Å². The standard InChI is InChI=1S/C12H13NO2/c1-8(14)11-10(15-2)6-5-9-4-3-7-13-12(9)11/h3-8,14H,1-2H3/t8-/m0/s1. The number of methoxy groups -OCH3 is 1.